The van der Waals surface area contributed by atoms with Gasteiger partial charge in [0, 0.05) is 24.7 Å². The van der Waals surface area contributed by atoms with E-state index in [1.165, 1.54) is 32.2 Å². The Kier molecular flexibility index (Phi) is 3.13. The molecule has 1 aliphatic heterocycles. The van der Waals surface area contributed by atoms with Crippen molar-refractivity contribution in [3.63, 3.8) is 0 Å². The van der Waals surface area contributed by atoms with Crippen molar-refractivity contribution in [3.05, 3.63) is 0 Å². The van der Waals surface area contributed by atoms with Gasteiger partial charge in [-0.25, -0.2) is 0 Å². The highest BCUT2D eigenvalue weighted by molar-refractivity contribution is 4.91. The third-order valence-electron chi connectivity index (χ3n) is 4.16. The fourth-order valence-electron chi connectivity index (χ4n) is 2.91. The van der Waals surface area contributed by atoms with Gasteiger partial charge in [-0.3, -0.25) is 4.90 Å². The molecule has 0 amide bonds. The summed E-state index contributed by atoms with van der Waals surface area (Å²) in [5, 5.41) is 3.41. The van der Waals surface area contributed by atoms with Crippen molar-refractivity contribution in [2.45, 2.75) is 57.7 Å². The largest absolute Gasteiger partial charge is 0.317 e. The van der Waals surface area contributed by atoms with Crippen LogP contribution in [0.25, 0.3) is 0 Å². The van der Waals surface area contributed by atoms with Gasteiger partial charge in [-0.05, 0) is 52.5 Å². The Labute approximate surface area is 88.1 Å². The Morgan fingerprint density at radius 1 is 1.29 bits per heavy atom. The third kappa shape index (κ3) is 2.12. The monoisotopic (exact) mass is 196 g/mol. The lowest BCUT2D eigenvalue weighted by atomic mass is 9.96. The smallest absolute Gasteiger partial charge is 0.00980 e. The van der Waals surface area contributed by atoms with Crippen LogP contribution in [0.1, 0.15) is 39.5 Å². The molecule has 2 rings (SSSR count). The topological polar surface area (TPSA) is 15.3 Å². The highest BCUT2D eigenvalue weighted by atomic mass is 15.2. The van der Waals surface area contributed by atoms with Gasteiger partial charge in [0.05, 0.1) is 0 Å². The second kappa shape index (κ2) is 4.19. The average molecular weight is 196 g/mol. The van der Waals surface area contributed by atoms with E-state index in [4.69, 9.17) is 0 Å². The molecule has 2 aliphatic rings. The molecule has 0 aromatic carbocycles. The van der Waals surface area contributed by atoms with E-state index in [-0.39, 0.29) is 0 Å². The van der Waals surface area contributed by atoms with Crippen molar-refractivity contribution in [3.8, 4) is 0 Å². The van der Waals surface area contributed by atoms with Crippen LogP contribution in [0.2, 0.25) is 0 Å². The fourth-order valence-corrected chi connectivity index (χ4v) is 2.91. The Hall–Kier alpha value is -0.0800. The molecule has 0 aromatic rings. The summed E-state index contributed by atoms with van der Waals surface area (Å²) in [6.45, 7) is 6.11. The van der Waals surface area contributed by atoms with Crippen LogP contribution in [-0.2, 0) is 0 Å². The summed E-state index contributed by atoms with van der Waals surface area (Å²) < 4.78 is 0. The molecule has 14 heavy (non-hydrogen) atoms. The molecule has 3 atom stereocenters. The number of rotatable bonds is 3. The lowest BCUT2D eigenvalue weighted by molar-refractivity contribution is 0.0869. The highest BCUT2D eigenvalue weighted by Gasteiger charge is 2.36. The maximum atomic E-state index is 3.41. The number of hydrogen-bond acceptors (Lipinski definition) is 2. The van der Waals surface area contributed by atoms with E-state index in [9.17, 15) is 0 Å². The van der Waals surface area contributed by atoms with E-state index < -0.39 is 0 Å². The zero-order valence-electron chi connectivity index (χ0n) is 9.79. The van der Waals surface area contributed by atoms with Crippen molar-refractivity contribution >= 4 is 0 Å². The molecule has 2 nitrogen and oxygen atoms in total. The molecule has 1 saturated heterocycles. The van der Waals surface area contributed by atoms with E-state index in [1.54, 1.807) is 0 Å². The summed E-state index contributed by atoms with van der Waals surface area (Å²) in [5.74, 6) is 1.02. The normalized spacial score (nSPS) is 37.1. The first-order chi connectivity index (χ1) is 6.72. The van der Waals surface area contributed by atoms with Gasteiger partial charge in [-0.1, -0.05) is 0 Å². The standard InChI is InChI=1S/C12H24N2/c1-9-8-12(13-3)6-7-14(9)10(2)11-4-5-11/h9-13H,4-8H2,1-3H3. The molecule has 3 unspecified atom stereocenters. The van der Waals surface area contributed by atoms with Crippen LogP contribution in [0.3, 0.4) is 0 Å². The molecular weight excluding hydrogens is 172 g/mol. The van der Waals surface area contributed by atoms with Gasteiger partial charge in [0.2, 0.25) is 0 Å². The third-order valence-corrected chi connectivity index (χ3v) is 4.16. The van der Waals surface area contributed by atoms with Crippen LogP contribution in [0.15, 0.2) is 0 Å². The quantitative estimate of drug-likeness (QED) is 0.741. The number of likely N-dealkylation sites (tertiary alicyclic amines) is 1. The van der Waals surface area contributed by atoms with Gasteiger partial charge in [-0.15, -0.1) is 0 Å². The van der Waals surface area contributed by atoms with Crippen LogP contribution < -0.4 is 5.32 Å². The zero-order chi connectivity index (χ0) is 10.1. The Morgan fingerprint density at radius 3 is 2.50 bits per heavy atom. The predicted molar refractivity (Wildman–Crippen MR) is 60.4 cm³/mol. The molecule has 2 heteroatoms. The van der Waals surface area contributed by atoms with E-state index in [1.807, 2.05) is 0 Å². The van der Waals surface area contributed by atoms with E-state index in [0.717, 1.165) is 24.0 Å². The van der Waals surface area contributed by atoms with E-state index in [0.29, 0.717) is 0 Å². The Morgan fingerprint density at radius 2 is 2.00 bits per heavy atom. The molecule has 2 fully saturated rings. The van der Waals surface area contributed by atoms with Crippen LogP contribution in [0.4, 0.5) is 0 Å². The van der Waals surface area contributed by atoms with Crippen molar-refractivity contribution in [2.24, 2.45) is 5.92 Å². The Balaban J connectivity index is 1.87. The number of nitrogens with one attached hydrogen (secondary N) is 1. The van der Waals surface area contributed by atoms with Crippen molar-refractivity contribution in [1.29, 1.82) is 0 Å². The molecule has 1 aliphatic carbocycles. The summed E-state index contributed by atoms with van der Waals surface area (Å²) in [6.07, 6.45) is 5.60. The molecule has 1 saturated carbocycles. The Bertz CT molecular complexity index is 189. The van der Waals surface area contributed by atoms with Crippen LogP contribution in [-0.4, -0.2) is 36.6 Å². The molecule has 0 spiro atoms. The summed E-state index contributed by atoms with van der Waals surface area (Å²) in [6, 6.07) is 2.37. The first kappa shape index (κ1) is 10.4. The SMILES string of the molecule is CNC1CCN(C(C)C2CC2)C(C)C1. The molecule has 0 bridgehead atoms. The minimum atomic E-state index is 0.757. The van der Waals surface area contributed by atoms with Gasteiger partial charge in [-0.2, -0.15) is 0 Å². The molecule has 1 heterocycles. The van der Waals surface area contributed by atoms with Gasteiger partial charge in [0.15, 0.2) is 0 Å². The minimum Gasteiger partial charge on any atom is -0.317 e. The van der Waals surface area contributed by atoms with Crippen molar-refractivity contribution in [1.82, 2.24) is 10.2 Å². The van der Waals surface area contributed by atoms with Crippen LogP contribution in [0.5, 0.6) is 0 Å². The van der Waals surface area contributed by atoms with E-state index >= 15 is 0 Å². The van der Waals surface area contributed by atoms with Crippen LogP contribution >= 0.6 is 0 Å². The van der Waals surface area contributed by atoms with Gasteiger partial charge in [0.25, 0.3) is 0 Å². The number of hydrogen-bond donors (Lipinski definition) is 1. The van der Waals surface area contributed by atoms with Gasteiger partial charge >= 0.3 is 0 Å². The lowest BCUT2D eigenvalue weighted by Crippen LogP contribution is -2.50. The number of piperidine rings is 1. The zero-order valence-corrected chi connectivity index (χ0v) is 9.79. The summed E-state index contributed by atoms with van der Waals surface area (Å²) >= 11 is 0. The summed E-state index contributed by atoms with van der Waals surface area (Å²) in [7, 11) is 2.09. The van der Waals surface area contributed by atoms with Crippen molar-refractivity contribution in [2.75, 3.05) is 13.6 Å². The second-order valence-electron chi connectivity index (χ2n) is 5.17. The molecule has 82 valence electrons. The molecule has 0 aromatic heterocycles. The van der Waals surface area contributed by atoms with Crippen molar-refractivity contribution < 1.29 is 0 Å². The maximum Gasteiger partial charge on any atom is 0.00980 e. The first-order valence-corrected chi connectivity index (χ1v) is 6.15. The maximum absolute atomic E-state index is 3.41. The first-order valence-electron chi connectivity index (χ1n) is 6.15. The lowest BCUT2D eigenvalue weighted by Gasteiger charge is -2.41. The van der Waals surface area contributed by atoms with Gasteiger partial charge in [0.1, 0.15) is 0 Å². The average Bonchev–Trinajstić information content (AvgIpc) is 3.00. The van der Waals surface area contributed by atoms with Gasteiger partial charge < -0.3 is 5.32 Å². The minimum absolute atomic E-state index is 0.757. The molecular formula is C12H24N2. The number of nitrogens with zero attached hydrogens (tertiary/aromatic N) is 1. The highest BCUT2D eigenvalue weighted by Crippen LogP contribution is 2.37. The summed E-state index contributed by atoms with van der Waals surface area (Å²) in [4.78, 5) is 2.73. The van der Waals surface area contributed by atoms with E-state index in [2.05, 4.69) is 31.1 Å². The fraction of sp³-hybridized carbons (Fsp3) is 1.00. The molecule has 0 radical (unpaired) electrons. The molecule has 1 N–H and O–H groups in total. The summed E-state index contributed by atoms with van der Waals surface area (Å²) in [5.41, 5.74) is 0. The second-order valence-corrected chi connectivity index (χ2v) is 5.17. The van der Waals surface area contributed by atoms with Crippen LogP contribution in [0, 0.1) is 5.92 Å². The predicted octanol–water partition coefficient (Wildman–Crippen LogP) is 1.86.